The van der Waals surface area contributed by atoms with Crippen molar-refractivity contribution in [1.29, 1.82) is 0 Å². The van der Waals surface area contributed by atoms with Gasteiger partial charge in [0.25, 0.3) is 0 Å². The molecule has 3 aliphatic carbocycles. The van der Waals surface area contributed by atoms with Gasteiger partial charge in [0.1, 0.15) is 5.75 Å². The molecular formula is C19H26O2. The van der Waals surface area contributed by atoms with Gasteiger partial charge in [0.15, 0.2) is 0 Å². The van der Waals surface area contributed by atoms with Crippen LogP contribution in [0.3, 0.4) is 0 Å². The van der Waals surface area contributed by atoms with Gasteiger partial charge in [-0.2, -0.15) is 0 Å². The van der Waals surface area contributed by atoms with Crippen molar-refractivity contribution in [2.75, 3.05) is 7.11 Å². The molecule has 5 atom stereocenters. The molecule has 2 nitrogen and oxygen atoms in total. The summed E-state index contributed by atoms with van der Waals surface area (Å²) >= 11 is 0. The van der Waals surface area contributed by atoms with E-state index >= 15 is 0 Å². The number of aliphatic hydroxyl groups excluding tert-OH is 1. The normalized spacial score (nSPS) is 41.1. The average Bonchev–Trinajstić information content (AvgIpc) is 2.82. The van der Waals surface area contributed by atoms with Gasteiger partial charge in [-0.15, -0.1) is 0 Å². The van der Waals surface area contributed by atoms with E-state index in [0.717, 1.165) is 24.0 Å². The van der Waals surface area contributed by atoms with Crippen LogP contribution in [0.15, 0.2) is 18.2 Å². The maximum absolute atomic E-state index is 10.4. The van der Waals surface area contributed by atoms with Crippen molar-refractivity contribution in [1.82, 2.24) is 0 Å². The van der Waals surface area contributed by atoms with Crippen molar-refractivity contribution in [3.63, 3.8) is 0 Å². The van der Waals surface area contributed by atoms with Gasteiger partial charge in [-0.25, -0.2) is 0 Å². The van der Waals surface area contributed by atoms with Gasteiger partial charge in [0, 0.05) is 0 Å². The van der Waals surface area contributed by atoms with E-state index in [1.54, 1.807) is 12.7 Å². The zero-order chi connectivity index (χ0) is 14.6. The third-order valence-corrected chi connectivity index (χ3v) is 6.88. The summed E-state index contributed by atoms with van der Waals surface area (Å²) in [6.45, 7) is 2.34. The summed E-state index contributed by atoms with van der Waals surface area (Å²) in [6.07, 6.45) is 7.07. The van der Waals surface area contributed by atoms with Gasteiger partial charge >= 0.3 is 0 Å². The molecule has 0 radical (unpaired) electrons. The molecule has 0 spiro atoms. The molecule has 0 aromatic heterocycles. The van der Waals surface area contributed by atoms with E-state index in [1.165, 1.54) is 37.7 Å². The lowest BCUT2D eigenvalue weighted by molar-refractivity contribution is -0.0226. The number of hydrogen-bond acceptors (Lipinski definition) is 2. The molecule has 2 saturated carbocycles. The zero-order valence-corrected chi connectivity index (χ0v) is 13.1. The Bertz CT molecular complexity index is 552. The maximum Gasteiger partial charge on any atom is 0.119 e. The third kappa shape index (κ3) is 1.88. The molecule has 1 aromatic rings. The number of methoxy groups -OCH3 is 1. The van der Waals surface area contributed by atoms with Crippen LogP contribution in [0.5, 0.6) is 5.75 Å². The molecule has 3 aliphatic rings. The van der Waals surface area contributed by atoms with E-state index in [4.69, 9.17) is 4.74 Å². The van der Waals surface area contributed by atoms with Crippen LogP contribution in [0.2, 0.25) is 0 Å². The number of fused-ring (bicyclic) bond motifs is 5. The second-order valence-corrected chi connectivity index (χ2v) is 7.62. The van der Waals surface area contributed by atoms with Crippen molar-refractivity contribution in [2.45, 2.75) is 57.5 Å². The predicted octanol–water partition coefficient (Wildman–Crippen LogP) is 3.91. The predicted molar refractivity (Wildman–Crippen MR) is 83.6 cm³/mol. The van der Waals surface area contributed by atoms with Gasteiger partial charge in [-0.1, -0.05) is 13.0 Å². The van der Waals surface area contributed by atoms with E-state index in [1.807, 2.05) is 0 Å². The van der Waals surface area contributed by atoms with Crippen molar-refractivity contribution in [2.24, 2.45) is 17.3 Å². The van der Waals surface area contributed by atoms with Crippen LogP contribution in [-0.2, 0) is 6.42 Å². The number of rotatable bonds is 1. The zero-order valence-electron chi connectivity index (χ0n) is 13.1. The first-order chi connectivity index (χ1) is 10.1. The lowest BCUT2D eigenvalue weighted by atomic mass is 9.55. The summed E-state index contributed by atoms with van der Waals surface area (Å²) in [6, 6.07) is 6.67. The van der Waals surface area contributed by atoms with E-state index in [9.17, 15) is 5.11 Å². The highest BCUT2D eigenvalue weighted by molar-refractivity contribution is 5.40. The largest absolute Gasteiger partial charge is 0.497 e. The van der Waals surface area contributed by atoms with Crippen molar-refractivity contribution < 1.29 is 9.84 Å². The lowest BCUT2D eigenvalue weighted by Crippen LogP contribution is -2.43. The average molecular weight is 286 g/mol. The summed E-state index contributed by atoms with van der Waals surface area (Å²) < 4.78 is 5.38. The fourth-order valence-electron chi connectivity index (χ4n) is 5.66. The summed E-state index contributed by atoms with van der Waals surface area (Å²) in [5.74, 6) is 3.20. The molecule has 0 aliphatic heterocycles. The van der Waals surface area contributed by atoms with Crippen molar-refractivity contribution >= 4 is 0 Å². The molecule has 0 saturated heterocycles. The van der Waals surface area contributed by atoms with Gasteiger partial charge < -0.3 is 9.84 Å². The summed E-state index contributed by atoms with van der Waals surface area (Å²) in [7, 11) is 1.75. The molecule has 4 rings (SSSR count). The number of hydrogen-bond donors (Lipinski definition) is 1. The maximum atomic E-state index is 10.4. The highest BCUT2D eigenvalue weighted by atomic mass is 16.5. The number of aryl methyl sites for hydroxylation is 1. The Morgan fingerprint density at radius 3 is 2.86 bits per heavy atom. The highest BCUT2D eigenvalue weighted by Gasteiger charge is 2.54. The van der Waals surface area contributed by atoms with Gasteiger partial charge in [-0.3, -0.25) is 0 Å². The van der Waals surface area contributed by atoms with Crippen molar-refractivity contribution in [3.05, 3.63) is 29.3 Å². The Hall–Kier alpha value is -1.02. The number of ether oxygens (including phenoxy) is 1. The Kier molecular flexibility index (Phi) is 3.08. The number of benzene rings is 1. The van der Waals surface area contributed by atoms with Gasteiger partial charge in [-0.05, 0) is 85.0 Å². The Balaban J connectivity index is 1.68. The fourth-order valence-corrected chi connectivity index (χ4v) is 5.66. The molecule has 0 heterocycles. The van der Waals surface area contributed by atoms with E-state index < -0.39 is 0 Å². The SMILES string of the molecule is COc1ccc2c(c1)CC[C@@H]1[C@@H]2CC[C@]2(C)[C@@H](O)CC[C@@H]12. The van der Waals surface area contributed by atoms with Crippen LogP contribution in [0.25, 0.3) is 0 Å². The second kappa shape index (κ2) is 4.74. The molecule has 1 N–H and O–H groups in total. The van der Waals surface area contributed by atoms with Gasteiger partial charge in [0.05, 0.1) is 13.2 Å². The van der Waals surface area contributed by atoms with Crippen LogP contribution in [-0.4, -0.2) is 18.3 Å². The molecular weight excluding hydrogens is 260 g/mol. The van der Waals surface area contributed by atoms with Crippen molar-refractivity contribution in [3.8, 4) is 5.75 Å². The highest BCUT2D eigenvalue weighted by Crippen LogP contribution is 2.60. The smallest absolute Gasteiger partial charge is 0.119 e. The number of aliphatic hydroxyl groups is 1. The standard InChI is InChI=1S/C19H26O2/c1-19-10-9-15-14-6-4-13(21-2)11-12(14)3-5-16(15)17(19)7-8-18(19)20/h4,6,11,15-18,20H,3,5,7-10H2,1-2H3/t15-,16-,17+,18+,19+/m1/s1. The minimum atomic E-state index is -0.0688. The minimum Gasteiger partial charge on any atom is -0.497 e. The van der Waals surface area contributed by atoms with E-state index in [-0.39, 0.29) is 11.5 Å². The Morgan fingerprint density at radius 2 is 2.05 bits per heavy atom. The summed E-state index contributed by atoms with van der Waals surface area (Å²) in [5.41, 5.74) is 3.25. The molecule has 21 heavy (non-hydrogen) atoms. The summed E-state index contributed by atoms with van der Waals surface area (Å²) in [5, 5.41) is 10.4. The quantitative estimate of drug-likeness (QED) is 0.848. The summed E-state index contributed by atoms with van der Waals surface area (Å²) in [4.78, 5) is 0. The molecule has 2 fully saturated rings. The lowest BCUT2D eigenvalue weighted by Gasteiger charge is -2.50. The van der Waals surface area contributed by atoms with E-state index in [0.29, 0.717) is 5.92 Å². The Morgan fingerprint density at radius 1 is 1.19 bits per heavy atom. The fraction of sp³-hybridized carbons (Fsp3) is 0.684. The van der Waals surface area contributed by atoms with Gasteiger partial charge in [0.2, 0.25) is 0 Å². The first kappa shape index (κ1) is 13.6. The molecule has 0 bridgehead atoms. The second-order valence-electron chi connectivity index (χ2n) is 7.62. The van der Waals surface area contributed by atoms with Crippen LogP contribution >= 0.6 is 0 Å². The van der Waals surface area contributed by atoms with Crippen LogP contribution in [0.4, 0.5) is 0 Å². The first-order valence-electron chi connectivity index (χ1n) is 8.48. The molecule has 114 valence electrons. The molecule has 1 aromatic carbocycles. The first-order valence-corrected chi connectivity index (χ1v) is 8.48. The minimum absolute atomic E-state index is 0.0688. The third-order valence-electron chi connectivity index (χ3n) is 6.88. The van der Waals surface area contributed by atoms with Crippen LogP contribution in [0, 0.1) is 17.3 Å². The van der Waals surface area contributed by atoms with Crippen LogP contribution in [0.1, 0.15) is 56.1 Å². The molecule has 2 heteroatoms. The van der Waals surface area contributed by atoms with Crippen LogP contribution < -0.4 is 4.74 Å². The monoisotopic (exact) mass is 286 g/mol. The molecule has 0 amide bonds. The van der Waals surface area contributed by atoms with E-state index in [2.05, 4.69) is 25.1 Å². The topological polar surface area (TPSA) is 29.5 Å². The molecule has 0 unspecified atom stereocenters. The Labute approximate surface area is 127 Å².